The summed E-state index contributed by atoms with van der Waals surface area (Å²) in [5.74, 6) is -0.111. The van der Waals surface area contributed by atoms with Gasteiger partial charge in [0.2, 0.25) is 0 Å². The monoisotopic (exact) mass is 332 g/mol. The Balaban J connectivity index is 2.28. The first kappa shape index (κ1) is 14.7. The topological polar surface area (TPSA) is 42.0 Å². The Labute approximate surface area is 127 Å². The number of carbonyl (C=O) groups excluding carboxylic acids is 1. The summed E-state index contributed by atoms with van der Waals surface area (Å²) >= 11 is 3.27. The molecule has 0 bridgehead atoms. The van der Waals surface area contributed by atoms with Crippen LogP contribution in [0.2, 0.25) is 0 Å². The highest BCUT2D eigenvalue weighted by atomic mass is 79.9. The fraction of sp³-hybridized carbons (Fsp3) is 0.250. The highest BCUT2D eigenvalue weighted by Crippen LogP contribution is 2.26. The molecule has 0 aliphatic carbocycles. The van der Waals surface area contributed by atoms with Gasteiger partial charge < -0.3 is 5.32 Å². The maximum Gasteiger partial charge on any atom is 0.256 e. The summed E-state index contributed by atoms with van der Waals surface area (Å²) in [5, 5.41) is 2.88. The van der Waals surface area contributed by atoms with Crippen molar-refractivity contribution >= 4 is 27.5 Å². The Kier molecular flexibility index (Phi) is 4.23. The molecule has 0 aliphatic heterocycles. The quantitative estimate of drug-likeness (QED) is 0.828. The molecular weight excluding hydrogens is 316 g/mol. The molecule has 3 nitrogen and oxygen atoms in total. The molecule has 1 aromatic carbocycles. The molecule has 0 saturated carbocycles. The number of rotatable bonds is 2. The molecule has 2 rings (SSSR count). The maximum atomic E-state index is 12.4. The molecule has 0 fully saturated rings. The van der Waals surface area contributed by atoms with Gasteiger partial charge in [0.1, 0.15) is 4.60 Å². The van der Waals surface area contributed by atoms with Crippen LogP contribution >= 0.6 is 15.9 Å². The molecule has 0 radical (unpaired) electrons. The first-order chi connectivity index (χ1) is 9.38. The van der Waals surface area contributed by atoms with E-state index in [0.717, 1.165) is 10.2 Å². The fourth-order valence-corrected chi connectivity index (χ4v) is 2.22. The van der Waals surface area contributed by atoms with Gasteiger partial charge in [0.25, 0.3) is 5.91 Å². The van der Waals surface area contributed by atoms with Crippen LogP contribution in [0, 0.1) is 0 Å². The number of hydrogen-bond donors (Lipinski definition) is 1. The molecule has 0 aliphatic rings. The number of nitrogens with one attached hydrogen (secondary N) is 1. The number of anilines is 1. The van der Waals surface area contributed by atoms with Gasteiger partial charge in [0, 0.05) is 5.56 Å². The van der Waals surface area contributed by atoms with E-state index in [4.69, 9.17) is 0 Å². The third-order valence-electron chi connectivity index (χ3n) is 2.96. The van der Waals surface area contributed by atoms with Gasteiger partial charge in [-0.05, 0) is 45.1 Å². The average molecular weight is 333 g/mol. The lowest BCUT2D eigenvalue weighted by Crippen LogP contribution is -2.20. The molecule has 4 heteroatoms. The van der Waals surface area contributed by atoms with Crippen LogP contribution in [0.4, 0.5) is 5.69 Å². The van der Waals surface area contributed by atoms with Gasteiger partial charge >= 0.3 is 0 Å². The van der Waals surface area contributed by atoms with E-state index >= 15 is 0 Å². The van der Waals surface area contributed by atoms with Crippen LogP contribution < -0.4 is 5.32 Å². The lowest BCUT2D eigenvalue weighted by molar-refractivity contribution is 0.102. The third kappa shape index (κ3) is 3.45. The molecule has 1 heterocycles. The SMILES string of the molecule is CC(C)(C)c1ccccc1C(=O)Nc1ccc(Br)nc1. The average Bonchev–Trinajstić information content (AvgIpc) is 2.40. The molecule has 104 valence electrons. The van der Waals surface area contributed by atoms with E-state index in [0.29, 0.717) is 11.3 Å². The Hall–Kier alpha value is -1.68. The van der Waals surface area contributed by atoms with Crippen molar-refractivity contribution in [2.45, 2.75) is 26.2 Å². The number of pyridine rings is 1. The van der Waals surface area contributed by atoms with E-state index in [2.05, 4.69) is 47.0 Å². The summed E-state index contributed by atoms with van der Waals surface area (Å²) in [7, 11) is 0. The summed E-state index contributed by atoms with van der Waals surface area (Å²) < 4.78 is 0.741. The summed E-state index contributed by atoms with van der Waals surface area (Å²) in [6.45, 7) is 6.29. The lowest BCUT2D eigenvalue weighted by Gasteiger charge is -2.22. The van der Waals surface area contributed by atoms with Crippen molar-refractivity contribution in [2.75, 3.05) is 5.32 Å². The second kappa shape index (κ2) is 5.75. The van der Waals surface area contributed by atoms with E-state index in [1.54, 1.807) is 12.3 Å². The summed E-state index contributed by atoms with van der Waals surface area (Å²) in [5.41, 5.74) is 2.33. The first-order valence-corrected chi connectivity index (χ1v) is 7.19. The van der Waals surface area contributed by atoms with Crippen molar-refractivity contribution in [1.29, 1.82) is 0 Å². The molecule has 1 N–H and O–H groups in total. The number of hydrogen-bond acceptors (Lipinski definition) is 2. The third-order valence-corrected chi connectivity index (χ3v) is 3.43. The molecule has 20 heavy (non-hydrogen) atoms. The Bertz CT molecular complexity index is 615. The number of carbonyl (C=O) groups is 1. The number of nitrogens with zero attached hydrogens (tertiary/aromatic N) is 1. The molecule has 0 saturated heterocycles. The van der Waals surface area contributed by atoms with Gasteiger partial charge in [0.15, 0.2) is 0 Å². The standard InChI is InChI=1S/C16H17BrN2O/c1-16(2,3)13-7-5-4-6-12(13)15(20)19-11-8-9-14(17)18-10-11/h4-10H,1-3H3,(H,19,20). The van der Waals surface area contributed by atoms with Crippen molar-refractivity contribution in [3.8, 4) is 0 Å². The number of aromatic nitrogens is 1. The van der Waals surface area contributed by atoms with Crippen molar-refractivity contribution < 1.29 is 4.79 Å². The minimum atomic E-state index is -0.111. The summed E-state index contributed by atoms with van der Waals surface area (Å²) in [6.07, 6.45) is 1.63. The van der Waals surface area contributed by atoms with Crippen LogP contribution in [-0.2, 0) is 5.41 Å². The van der Waals surface area contributed by atoms with Crippen molar-refractivity contribution in [1.82, 2.24) is 4.98 Å². The first-order valence-electron chi connectivity index (χ1n) is 6.40. The molecule has 0 unspecified atom stereocenters. The zero-order chi connectivity index (χ0) is 14.8. The lowest BCUT2D eigenvalue weighted by atomic mass is 9.83. The number of benzene rings is 1. The normalized spacial score (nSPS) is 11.2. The highest BCUT2D eigenvalue weighted by Gasteiger charge is 2.21. The van der Waals surface area contributed by atoms with E-state index in [-0.39, 0.29) is 11.3 Å². The number of amides is 1. The second-order valence-corrected chi connectivity index (χ2v) is 6.43. The summed E-state index contributed by atoms with van der Waals surface area (Å²) in [4.78, 5) is 16.5. The van der Waals surface area contributed by atoms with E-state index in [1.807, 2.05) is 30.3 Å². The van der Waals surface area contributed by atoms with Crippen LogP contribution in [0.5, 0.6) is 0 Å². The molecule has 2 aromatic rings. The van der Waals surface area contributed by atoms with Crippen LogP contribution in [0.15, 0.2) is 47.2 Å². The van der Waals surface area contributed by atoms with Gasteiger partial charge in [-0.1, -0.05) is 39.0 Å². The van der Waals surface area contributed by atoms with Gasteiger partial charge in [-0.3, -0.25) is 4.79 Å². The minimum Gasteiger partial charge on any atom is -0.321 e. The van der Waals surface area contributed by atoms with Crippen LogP contribution in [0.3, 0.4) is 0 Å². The minimum absolute atomic E-state index is 0.0775. The zero-order valence-corrected chi connectivity index (χ0v) is 13.4. The Morgan fingerprint density at radius 2 is 1.85 bits per heavy atom. The molecule has 0 atom stereocenters. The van der Waals surface area contributed by atoms with E-state index < -0.39 is 0 Å². The zero-order valence-electron chi connectivity index (χ0n) is 11.8. The Morgan fingerprint density at radius 1 is 1.15 bits per heavy atom. The van der Waals surface area contributed by atoms with Crippen LogP contribution in [0.25, 0.3) is 0 Å². The Morgan fingerprint density at radius 3 is 2.45 bits per heavy atom. The predicted octanol–water partition coefficient (Wildman–Crippen LogP) is 4.39. The van der Waals surface area contributed by atoms with Crippen molar-refractivity contribution in [2.24, 2.45) is 0 Å². The summed E-state index contributed by atoms with van der Waals surface area (Å²) in [6, 6.07) is 11.3. The number of halogens is 1. The fourth-order valence-electron chi connectivity index (χ4n) is 1.98. The largest absolute Gasteiger partial charge is 0.321 e. The molecule has 1 aromatic heterocycles. The van der Waals surface area contributed by atoms with Gasteiger partial charge in [-0.15, -0.1) is 0 Å². The smallest absolute Gasteiger partial charge is 0.256 e. The second-order valence-electron chi connectivity index (χ2n) is 5.62. The van der Waals surface area contributed by atoms with Gasteiger partial charge in [0.05, 0.1) is 11.9 Å². The maximum absolute atomic E-state index is 12.4. The van der Waals surface area contributed by atoms with Crippen LogP contribution in [0.1, 0.15) is 36.7 Å². The van der Waals surface area contributed by atoms with E-state index in [9.17, 15) is 4.79 Å². The van der Waals surface area contributed by atoms with Crippen molar-refractivity contribution in [3.63, 3.8) is 0 Å². The molecular formula is C16H17BrN2O. The van der Waals surface area contributed by atoms with E-state index in [1.165, 1.54) is 0 Å². The molecule has 1 amide bonds. The highest BCUT2D eigenvalue weighted by molar-refractivity contribution is 9.10. The molecule has 0 spiro atoms. The predicted molar refractivity (Wildman–Crippen MR) is 85.0 cm³/mol. The van der Waals surface area contributed by atoms with Crippen LogP contribution in [-0.4, -0.2) is 10.9 Å². The van der Waals surface area contributed by atoms with Crippen molar-refractivity contribution in [3.05, 3.63) is 58.3 Å². The van der Waals surface area contributed by atoms with Gasteiger partial charge in [-0.25, -0.2) is 4.98 Å². The van der Waals surface area contributed by atoms with Gasteiger partial charge in [-0.2, -0.15) is 0 Å².